The molecule has 0 aliphatic carbocycles. The number of benzene rings is 2. The second-order valence-electron chi connectivity index (χ2n) is 9.85. The van der Waals surface area contributed by atoms with E-state index >= 15 is 0 Å². The normalized spacial score (nSPS) is 13.1. The number of imidazole rings is 1. The number of nitrogens with zero attached hydrogens (tertiary/aromatic N) is 3. The number of ether oxygens (including phenoxy) is 1. The summed E-state index contributed by atoms with van der Waals surface area (Å²) in [5.74, 6) is 1.81. The molecule has 34 heavy (non-hydrogen) atoms. The summed E-state index contributed by atoms with van der Waals surface area (Å²) in [7, 11) is 0. The number of anilines is 1. The average Bonchev–Trinajstić information content (AvgIpc) is 3.18. The van der Waals surface area contributed by atoms with E-state index in [2.05, 4.69) is 74.7 Å². The maximum Gasteiger partial charge on any atom is 0.152 e. The molecule has 0 fully saturated rings. The van der Waals surface area contributed by atoms with Gasteiger partial charge in [-0.05, 0) is 43.9 Å². The molecule has 0 aliphatic heterocycles. The van der Waals surface area contributed by atoms with Crippen LogP contribution in [-0.4, -0.2) is 33.3 Å². The maximum absolute atomic E-state index is 6.49. The number of nitrogens with two attached hydrogens (primary N) is 2. The molecule has 0 amide bonds. The molecule has 2 aromatic heterocycles. The minimum atomic E-state index is -0.398. The van der Waals surface area contributed by atoms with Gasteiger partial charge in [0.25, 0.3) is 0 Å². The van der Waals surface area contributed by atoms with Crippen molar-refractivity contribution in [1.82, 2.24) is 14.5 Å². The fraction of sp³-hybridized carbons (Fsp3) is 0.429. The molecule has 180 valence electrons. The molecular formula is C28H37N5O. The second kappa shape index (κ2) is 10.1. The number of fused-ring (bicyclic) bond motifs is 3. The summed E-state index contributed by atoms with van der Waals surface area (Å²) < 4.78 is 8.41. The number of pyridine rings is 1. The minimum absolute atomic E-state index is 0.300. The lowest BCUT2D eigenvalue weighted by molar-refractivity contribution is -0.0251. The molecule has 0 unspecified atom stereocenters. The topological polar surface area (TPSA) is 92.0 Å². The molecule has 0 spiro atoms. The summed E-state index contributed by atoms with van der Waals surface area (Å²) in [6, 6.07) is 17.0. The first-order chi connectivity index (χ1) is 16.3. The van der Waals surface area contributed by atoms with Gasteiger partial charge in [-0.3, -0.25) is 0 Å². The lowest BCUT2D eigenvalue weighted by atomic mass is 10.0. The fourth-order valence-corrected chi connectivity index (χ4v) is 4.78. The van der Waals surface area contributed by atoms with Gasteiger partial charge in [0.1, 0.15) is 11.3 Å². The molecule has 4 N–H and O–H groups in total. The third-order valence-electron chi connectivity index (χ3n) is 6.36. The molecule has 2 heterocycles. The first-order valence-corrected chi connectivity index (χ1v) is 12.3. The largest absolute Gasteiger partial charge is 0.382 e. The molecule has 4 rings (SSSR count). The SMILES string of the molecule is CCC[C@@H](C)c1nc2c(N)nc3cc(Cc4ccccc4)ccc3c2n1CC(C)(C)OCCN. The zero-order valence-electron chi connectivity index (χ0n) is 20.8. The molecule has 6 nitrogen and oxygen atoms in total. The van der Waals surface area contributed by atoms with Crippen molar-refractivity contribution in [1.29, 1.82) is 0 Å². The molecule has 0 saturated carbocycles. The van der Waals surface area contributed by atoms with Crippen molar-refractivity contribution >= 4 is 27.8 Å². The average molecular weight is 460 g/mol. The first-order valence-electron chi connectivity index (χ1n) is 12.3. The first kappa shape index (κ1) is 24.2. The second-order valence-corrected chi connectivity index (χ2v) is 9.85. The highest BCUT2D eigenvalue weighted by molar-refractivity contribution is 6.06. The number of rotatable bonds is 10. The van der Waals surface area contributed by atoms with Gasteiger partial charge in [-0.15, -0.1) is 0 Å². The van der Waals surface area contributed by atoms with Gasteiger partial charge in [-0.2, -0.15) is 0 Å². The van der Waals surface area contributed by atoms with Crippen molar-refractivity contribution < 1.29 is 4.74 Å². The van der Waals surface area contributed by atoms with E-state index in [4.69, 9.17) is 26.2 Å². The summed E-state index contributed by atoms with van der Waals surface area (Å²) in [4.78, 5) is 9.80. The van der Waals surface area contributed by atoms with Gasteiger partial charge in [0.2, 0.25) is 0 Å². The van der Waals surface area contributed by atoms with Crippen LogP contribution >= 0.6 is 0 Å². The number of hydrogen-bond acceptors (Lipinski definition) is 5. The maximum atomic E-state index is 6.49. The van der Waals surface area contributed by atoms with Crippen LogP contribution in [0.15, 0.2) is 48.5 Å². The molecular weight excluding hydrogens is 422 g/mol. The third kappa shape index (κ3) is 5.08. The zero-order valence-corrected chi connectivity index (χ0v) is 20.8. The van der Waals surface area contributed by atoms with Crippen LogP contribution in [0.4, 0.5) is 5.82 Å². The molecule has 6 heteroatoms. The molecule has 2 aromatic carbocycles. The molecule has 0 saturated heterocycles. The highest BCUT2D eigenvalue weighted by atomic mass is 16.5. The van der Waals surface area contributed by atoms with E-state index in [-0.39, 0.29) is 0 Å². The number of nitrogen functional groups attached to an aromatic ring is 1. The number of aromatic nitrogens is 3. The summed E-state index contributed by atoms with van der Waals surface area (Å²) in [6.07, 6.45) is 3.00. The van der Waals surface area contributed by atoms with Gasteiger partial charge >= 0.3 is 0 Å². The van der Waals surface area contributed by atoms with E-state index < -0.39 is 5.60 Å². The molecule has 0 radical (unpaired) electrons. The van der Waals surface area contributed by atoms with Crippen molar-refractivity contribution in [3.63, 3.8) is 0 Å². The molecule has 0 aliphatic rings. The van der Waals surface area contributed by atoms with Crippen LogP contribution in [0.3, 0.4) is 0 Å². The summed E-state index contributed by atoms with van der Waals surface area (Å²) in [5.41, 5.74) is 17.0. The Balaban J connectivity index is 1.86. The number of hydrogen-bond donors (Lipinski definition) is 2. The van der Waals surface area contributed by atoms with Crippen molar-refractivity contribution in [2.24, 2.45) is 5.73 Å². The van der Waals surface area contributed by atoms with Crippen LogP contribution in [0.1, 0.15) is 63.4 Å². The lowest BCUT2D eigenvalue weighted by Crippen LogP contribution is -2.33. The lowest BCUT2D eigenvalue weighted by Gasteiger charge is -2.28. The quantitative estimate of drug-likeness (QED) is 0.331. The fourth-order valence-electron chi connectivity index (χ4n) is 4.78. The van der Waals surface area contributed by atoms with Gasteiger partial charge in [0, 0.05) is 17.8 Å². The smallest absolute Gasteiger partial charge is 0.152 e. The Kier molecular flexibility index (Phi) is 7.19. The zero-order chi connectivity index (χ0) is 24.3. The summed E-state index contributed by atoms with van der Waals surface area (Å²) >= 11 is 0. The van der Waals surface area contributed by atoms with Crippen molar-refractivity contribution in [3.8, 4) is 0 Å². The van der Waals surface area contributed by atoms with Crippen LogP contribution in [0, 0.1) is 0 Å². The van der Waals surface area contributed by atoms with E-state index in [9.17, 15) is 0 Å². The Morgan fingerprint density at radius 2 is 1.82 bits per heavy atom. The van der Waals surface area contributed by atoms with Crippen LogP contribution in [0.25, 0.3) is 21.9 Å². The Morgan fingerprint density at radius 1 is 1.06 bits per heavy atom. The van der Waals surface area contributed by atoms with E-state index in [1.54, 1.807) is 0 Å². The van der Waals surface area contributed by atoms with E-state index in [0.29, 0.717) is 31.4 Å². The summed E-state index contributed by atoms with van der Waals surface area (Å²) in [5, 5.41) is 1.07. The van der Waals surface area contributed by atoms with Gasteiger partial charge in [-0.1, -0.05) is 62.7 Å². The van der Waals surface area contributed by atoms with Gasteiger partial charge in [0.15, 0.2) is 5.82 Å². The Labute approximate surface area is 202 Å². The van der Waals surface area contributed by atoms with Crippen molar-refractivity contribution in [2.75, 3.05) is 18.9 Å². The monoisotopic (exact) mass is 459 g/mol. The Hall–Kier alpha value is -2.96. The third-order valence-corrected chi connectivity index (χ3v) is 6.36. The van der Waals surface area contributed by atoms with E-state index in [1.807, 2.05) is 6.07 Å². The Bertz CT molecular complexity index is 1260. The van der Waals surface area contributed by atoms with Crippen molar-refractivity contribution in [3.05, 3.63) is 65.5 Å². The standard InChI is InChI=1S/C28H37N5O/c1-5-9-19(2)27-32-24-25(33(27)18-28(3,4)34-15-14-29)22-13-12-21(17-23(22)31-26(24)30)16-20-10-7-6-8-11-20/h6-8,10-13,17,19H,5,9,14-16,18,29H2,1-4H3,(H2,30,31)/t19-/m1/s1. The molecule has 4 aromatic rings. The van der Waals surface area contributed by atoms with Crippen LogP contribution in [-0.2, 0) is 17.7 Å². The highest BCUT2D eigenvalue weighted by Crippen LogP contribution is 2.34. The van der Waals surface area contributed by atoms with Gasteiger partial charge in [0.05, 0.1) is 29.8 Å². The molecule has 1 atom stereocenters. The predicted octanol–water partition coefficient (Wildman–Crippen LogP) is 5.42. The molecule has 0 bridgehead atoms. The van der Waals surface area contributed by atoms with Crippen LogP contribution < -0.4 is 11.5 Å². The Morgan fingerprint density at radius 3 is 2.53 bits per heavy atom. The predicted molar refractivity (Wildman–Crippen MR) is 141 cm³/mol. The van der Waals surface area contributed by atoms with E-state index in [1.165, 1.54) is 11.1 Å². The summed E-state index contributed by atoms with van der Waals surface area (Å²) in [6.45, 7) is 10.3. The van der Waals surface area contributed by atoms with E-state index in [0.717, 1.165) is 47.0 Å². The minimum Gasteiger partial charge on any atom is -0.382 e. The highest BCUT2D eigenvalue weighted by Gasteiger charge is 2.26. The van der Waals surface area contributed by atoms with Gasteiger partial charge < -0.3 is 20.8 Å². The van der Waals surface area contributed by atoms with Crippen LogP contribution in [0.2, 0.25) is 0 Å². The van der Waals surface area contributed by atoms with Crippen LogP contribution in [0.5, 0.6) is 0 Å². The van der Waals surface area contributed by atoms with Crippen molar-refractivity contribution in [2.45, 2.75) is 65.0 Å². The van der Waals surface area contributed by atoms with Gasteiger partial charge in [-0.25, -0.2) is 9.97 Å².